The molecule has 0 aromatic heterocycles. The highest BCUT2D eigenvalue weighted by molar-refractivity contribution is 4.83. The summed E-state index contributed by atoms with van der Waals surface area (Å²) in [5.41, 5.74) is 0. The van der Waals surface area contributed by atoms with Crippen LogP contribution in [0.4, 0.5) is 0 Å². The molecule has 0 amide bonds. The topological polar surface area (TPSA) is 30.9 Å². The summed E-state index contributed by atoms with van der Waals surface area (Å²) in [5, 5.41) is 0. The minimum absolute atomic E-state index is 0.800. The van der Waals surface area contributed by atoms with Gasteiger partial charge in [-0.3, -0.25) is 4.90 Å². The molecule has 77 valence electrons. The Morgan fingerprint density at radius 3 is 2.00 bits per heavy atom. The average Bonchev–Trinajstić information content (AvgIpc) is 2.68. The molecular weight excluding hydrogens is 170 g/mol. The van der Waals surface area contributed by atoms with Gasteiger partial charge in [-0.15, -0.1) is 0 Å². The van der Waals surface area contributed by atoms with E-state index in [4.69, 9.17) is 14.2 Å². The Morgan fingerprint density at radius 1 is 1.08 bits per heavy atom. The molecule has 0 N–H and O–H groups in total. The van der Waals surface area contributed by atoms with Crippen LogP contribution in [0.5, 0.6) is 0 Å². The van der Waals surface area contributed by atoms with Crippen LogP contribution < -0.4 is 0 Å². The summed E-state index contributed by atoms with van der Waals surface area (Å²) in [7, 11) is 4.84. The molecule has 1 radical (unpaired) electrons. The van der Waals surface area contributed by atoms with Crippen LogP contribution in [0.3, 0.4) is 0 Å². The van der Waals surface area contributed by atoms with Crippen LogP contribution in [0, 0.1) is 6.61 Å². The van der Waals surface area contributed by atoms with Gasteiger partial charge in [-0.05, 0) is 12.8 Å². The van der Waals surface area contributed by atoms with Crippen molar-refractivity contribution in [3.63, 3.8) is 0 Å². The van der Waals surface area contributed by atoms with Gasteiger partial charge in [-0.25, -0.2) is 0 Å². The van der Waals surface area contributed by atoms with E-state index in [-0.39, 0.29) is 0 Å². The third-order valence-corrected chi connectivity index (χ3v) is 2.40. The fourth-order valence-corrected chi connectivity index (χ4v) is 1.69. The average molecular weight is 188 g/mol. The first-order chi connectivity index (χ1) is 6.29. The van der Waals surface area contributed by atoms with Crippen molar-refractivity contribution in [2.45, 2.75) is 18.8 Å². The zero-order valence-corrected chi connectivity index (χ0v) is 8.58. The highest BCUT2D eigenvalue weighted by Gasteiger charge is 2.39. The maximum Gasteiger partial charge on any atom is 0.260 e. The van der Waals surface area contributed by atoms with Crippen molar-refractivity contribution in [1.82, 2.24) is 4.90 Å². The van der Waals surface area contributed by atoms with Crippen molar-refractivity contribution in [2.75, 3.05) is 34.4 Å². The van der Waals surface area contributed by atoms with E-state index in [0.29, 0.717) is 0 Å². The van der Waals surface area contributed by atoms with E-state index in [0.717, 1.165) is 13.1 Å². The van der Waals surface area contributed by atoms with Crippen molar-refractivity contribution in [3.8, 4) is 0 Å². The summed E-state index contributed by atoms with van der Waals surface area (Å²) in [6, 6.07) is 0. The van der Waals surface area contributed by atoms with Gasteiger partial charge in [0.25, 0.3) is 5.91 Å². The predicted molar refractivity (Wildman–Crippen MR) is 48.9 cm³/mol. The molecule has 1 aliphatic rings. The predicted octanol–water partition coefficient (Wildman–Crippen LogP) is 0.837. The number of nitrogens with zero attached hydrogens (tertiary/aromatic N) is 1. The van der Waals surface area contributed by atoms with Gasteiger partial charge >= 0.3 is 0 Å². The molecule has 1 rings (SSSR count). The number of rotatable bonds is 5. The summed E-state index contributed by atoms with van der Waals surface area (Å²) in [5.74, 6) is -0.800. The zero-order chi connectivity index (χ0) is 9.73. The molecule has 0 unspecified atom stereocenters. The SMILES string of the molecule is CO[CH]C(OC)(OC)N1CCCC1. The summed E-state index contributed by atoms with van der Waals surface area (Å²) >= 11 is 0. The number of hydrogen-bond donors (Lipinski definition) is 0. The summed E-state index contributed by atoms with van der Waals surface area (Å²) in [6.07, 6.45) is 2.37. The molecule has 0 saturated carbocycles. The van der Waals surface area contributed by atoms with Crippen LogP contribution in [0.1, 0.15) is 12.8 Å². The second-order valence-electron chi connectivity index (χ2n) is 3.09. The van der Waals surface area contributed by atoms with Crippen LogP contribution in [-0.4, -0.2) is 45.2 Å². The first-order valence-corrected chi connectivity index (χ1v) is 4.51. The second-order valence-corrected chi connectivity index (χ2v) is 3.09. The maximum atomic E-state index is 5.33. The molecule has 0 aliphatic carbocycles. The van der Waals surface area contributed by atoms with Crippen LogP contribution in [0.25, 0.3) is 0 Å². The van der Waals surface area contributed by atoms with E-state index in [1.807, 2.05) is 0 Å². The number of methoxy groups -OCH3 is 3. The first-order valence-electron chi connectivity index (χ1n) is 4.51. The van der Waals surface area contributed by atoms with Gasteiger partial charge in [0, 0.05) is 34.4 Å². The Morgan fingerprint density at radius 2 is 1.62 bits per heavy atom. The van der Waals surface area contributed by atoms with Gasteiger partial charge in [0.1, 0.15) is 0 Å². The van der Waals surface area contributed by atoms with E-state index < -0.39 is 5.91 Å². The van der Waals surface area contributed by atoms with Crippen molar-refractivity contribution in [2.24, 2.45) is 0 Å². The lowest BCUT2D eigenvalue weighted by Crippen LogP contribution is -2.51. The van der Waals surface area contributed by atoms with Gasteiger partial charge in [-0.1, -0.05) is 0 Å². The van der Waals surface area contributed by atoms with Gasteiger partial charge in [0.15, 0.2) is 6.61 Å². The Hall–Kier alpha value is -0.160. The Balaban J connectivity index is 2.62. The third kappa shape index (κ3) is 2.20. The normalized spacial score (nSPS) is 19.6. The lowest BCUT2D eigenvalue weighted by atomic mass is 10.4. The molecule has 4 nitrogen and oxygen atoms in total. The van der Waals surface area contributed by atoms with Gasteiger partial charge < -0.3 is 14.2 Å². The minimum atomic E-state index is -0.800. The van der Waals surface area contributed by atoms with E-state index >= 15 is 0 Å². The lowest BCUT2D eigenvalue weighted by molar-refractivity contribution is -0.286. The Labute approximate surface area is 79.8 Å². The monoisotopic (exact) mass is 188 g/mol. The molecule has 1 saturated heterocycles. The molecule has 0 bridgehead atoms. The second kappa shape index (κ2) is 4.91. The molecule has 13 heavy (non-hydrogen) atoms. The van der Waals surface area contributed by atoms with Crippen LogP contribution in [0.2, 0.25) is 0 Å². The van der Waals surface area contributed by atoms with Crippen molar-refractivity contribution < 1.29 is 14.2 Å². The molecule has 0 aromatic rings. The van der Waals surface area contributed by atoms with E-state index in [9.17, 15) is 0 Å². The molecule has 1 fully saturated rings. The van der Waals surface area contributed by atoms with Crippen LogP contribution in [-0.2, 0) is 14.2 Å². The maximum absolute atomic E-state index is 5.33. The van der Waals surface area contributed by atoms with E-state index in [1.54, 1.807) is 27.9 Å². The van der Waals surface area contributed by atoms with Crippen molar-refractivity contribution in [1.29, 1.82) is 0 Å². The molecule has 0 aromatic carbocycles. The summed E-state index contributed by atoms with van der Waals surface area (Å²) < 4.78 is 15.7. The van der Waals surface area contributed by atoms with Crippen molar-refractivity contribution in [3.05, 3.63) is 6.61 Å². The fraction of sp³-hybridized carbons (Fsp3) is 0.889. The van der Waals surface area contributed by atoms with Gasteiger partial charge in [-0.2, -0.15) is 0 Å². The molecule has 0 atom stereocenters. The molecule has 1 heterocycles. The van der Waals surface area contributed by atoms with Gasteiger partial charge in [0.05, 0.1) is 0 Å². The van der Waals surface area contributed by atoms with Crippen LogP contribution >= 0.6 is 0 Å². The molecule has 0 spiro atoms. The highest BCUT2D eigenvalue weighted by atomic mass is 16.7. The molecule has 1 aliphatic heterocycles. The van der Waals surface area contributed by atoms with Crippen molar-refractivity contribution >= 4 is 0 Å². The smallest absolute Gasteiger partial charge is 0.260 e. The number of likely N-dealkylation sites (tertiary alicyclic amines) is 1. The quantitative estimate of drug-likeness (QED) is 0.598. The highest BCUT2D eigenvalue weighted by Crippen LogP contribution is 2.25. The lowest BCUT2D eigenvalue weighted by Gasteiger charge is -2.37. The summed E-state index contributed by atoms with van der Waals surface area (Å²) in [6.45, 7) is 3.56. The summed E-state index contributed by atoms with van der Waals surface area (Å²) in [4.78, 5) is 2.12. The Kier molecular flexibility index (Phi) is 4.12. The fourth-order valence-electron chi connectivity index (χ4n) is 1.69. The zero-order valence-electron chi connectivity index (χ0n) is 8.58. The third-order valence-electron chi connectivity index (χ3n) is 2.40. The largest absolute Gasteiger partial charge is 0.371 e. The number of hydrogen-bond acceptors (Lipinski definition) is 4. The van der Waals surface area contributed by atoms with Gasteiger partial charge in [0.2, 0.25) is 0 Å². The Bertz CT molecular complexity index is 142. The standard InChI is InChI=1S/C9H18NO3/c1-11-8-9(12-2,13-3)10-6-4-5-7-10/h8H,4-7H2,1-3H3. The minimum Gasteiger partial charge on any atom is -0.371 e. The number of ether oxygens (including phenoxy) is 3. The molecule has 4 heteroatoms. The van der Waals surface area contributed by atoms with E-state index in [2.05, 4.69) is 4.90 Å². The first kappa shape index (κ1) is 10.9. The van der Waals surface area contributed by atoms with E-state index in [1.165, 1.54) is 12.8 Å². The van der Waals surface area contributed by atoms with Crippen LogP contribution in [0.15, 0.2) is 0 Å². The molecular formula is C9H18NO3.